The second-order valence-electron chi connectivity index (χ2n) is 6.64. The van der Waals surface area contributed by atoms with E-state index in [0.717, 1.165) is 12.8 Å². The predicted molar refractivity (Wildman–Crippen MR) is 84.8 cm³/mol. The molecule has 0 aliphatic heterocycles. The third kappa shape index (κ3) is 4.81. The lowest BCUT2D eigenvalue weighted by molar-refractivity contribution is -0.123. The van der Waals surface area contributed by atoms with Gasteiger partial charge in [-0.1, -0.05) is 57.8 Å². The highest BCUT2D eigenvalue weighted by molar-refractivity contribution is 7.81. The molecule has 0 aromatic rings. The zero-order valence-electron chi connectivity index (χ0n) is 12.3. The van der Waals surface area contributed by atoms with Crippen LogP contribution in [0.2, 0.25) is 0 Å². The van der Waals surface area contributed by atoms with Crippen LogP contribution < -0.4 is 0 Å². The Morgan fingerprint density at radius 2 is 1.16 bits per heavy atom. The van der Waals surface area contributed by atoms with Crippen molar-refractivity contribution in [3.63, 3.8) is 0 Å². The molecule has 2 heteroatoms. The van der Waals surface area contributed by atoms with Crippen molar-refractivity contribution in [1.82, 2.24) is 0 Å². The lowest BCUT2D eigenvalue weighted by atomic mass is 9.83. The van der Waals surface area contributed by atoms with Gasteiger partial charge in [-0.3, -0.25) is 4.79 Å². The van der Waals surface area contributed by atoms with Gasteiger partial charge in [0.2, 0.25) is 0 Å². The van der Waals surface area contributed by atoms with Crippen molar-refractivity contribution in [1.29, 1.82) is 0 Å². The van der Waals surface area contributed by atoms with Crippen LogP contribution in [-0.2, 0) is 4.79 Å². The van der Waals surface area contributed by atoms with E-state index in [1.165, 1.54) is 70.6 Å². The molecule has 0 aromatic carbocycles. The fourth-order valence-electron chi connectivity index (χ4n) is 3.84. The molecule has 0 aromatic heterocycles. The highest BCUT2D eigenvalue weighted by Crippen LogP contribution is 2.32. The fraction of sp³-hybridized carbons (Fsp3) is 0.941. The third-order valence-corrected chi connectivity index (χ3v) is 5.82. The SMILES string of the molecule is O=C(C1CCCCCCC1)C(S)C1CCCCCC1. The largest absolute Gasteiger partial charge is 0.298 e. The molecule has 2 saturated carbocycles. The number of carbonyl (C=O) groups excluding carboxylic acids is 1. The summed E-state index contributed by atoms with van der Waals surface area (Å²) in [5.74, 6) is 1.37. The number of hydrogen-bond donors (Lipinski definition) is 1. The Bertz CT molecular complexity index is 260. The van der Waals surface area contributed by atoms with Crippen LogP contribution in [0.5, 0.6) is 0 Å². The summed E-state index contributed by atoms with van der Waals surface area (Å²) >= 11 is 4.74. The first kappa shape index (κ1) is 15.4. The average Bonchev–Trinajstić information content (AvgIpc) is 2.65. The second kappa shape index (κ2) is 8.34. The van der Waals surface area contributed by atoms with Gasteiger partial charge < -0.3 is 0 Å². The summed E-state index contributed by atoms with van der Waals surface area (Å²) in [5.41, 5.74) is 0. The second-order valence-corrected chi connectivity index (χ2v) is 7.20. The van der Waals surface area contributed by atoms with E-state index in [1.807, 2.05) is 0 Å². The Morgan fingerprint density at radius 1 is 0.737 bits per heavy atom. The van der Waals surface area contributed by atoms with Gasteiger partial charge in [0.05, 0.1) is 5.25 Å². The molecule has 0 heterocycles. The van der Waals surface area contributed by atoms with Crippen molar-refractivity contribution in [3.05, 3.63) is 0 Å². The van der Waals surface area contributed by atoms with E-state index in [0.29, 0.717) is 17.6 Å². The van der Waals surface area contributed by atoms with Gasteiger partial charge in [-0.2, -0.15) is 12.6 Å². The molecule has 0 N–H and O–H groups in total. The van der Waals surface area contributed by atoms with E-state index < -0.39 is 0 Å². The predicted octanol–water partition coefficient (Wildman–Crippen LogP) is 5.18. The number of carbonyl (C=O) groups is 1. The van der Waals surface area contributed by atoms with Gasteiger partial charge >= 0.3 is 0 Å². The third-order valence-electron chi connectivity index (χ3n) is 5.15. The molecule has 110 valence electrons. The van der Waals surface area contributed by atoms with Gasteiger partial charge in [0.25, 0.3) is 0 Å². The Labute approximate surface area is 124 Å². The Morgan fingerprint density at radius 3 is 1.68 bits per heavy atom. The molecule has 0 radical (unpaired) electrons. The Kier molecular flexibility index (Phi) is 6.76. The minimum absolute atomic E-state index is 0.0301. The van der Waals surface area contributed by atoms with Crippen molar-refractivity contribution in [2.24, 2.45) is 11.8 Å². The van der Waals surface area contributed by atoms with E-state index in [2.05, 4.69) is 0 Å². The molecular weight excluding hydrogens is 252 g/mol. The standard InChI is InChI=1S/C17H30OS/c18-16(14-10-6-2-1-3-7-11-14)17(19)15-12-8-4-5-9-13-15/h14-15,17,19H,1-13H2. The number of hydrogen-bond acceptors (Lipinski definition) is 2. The number of Topliss-reactive ketones (excluding diaryl/α,β-unsaturated/α-hetero) is 1. The van der Waals surface area contributed by atoms with Crippen LogP contribution >= 0.6 is 12.6 Å². The van der Waals surface area contributed by atoms with E-state index in [1.54, 1.807) is 0 Å². The average molecular weight is 282 g/mol. The molecule has 0 amide bonds. The molecule has 2 aliphatic carbocycles. The molecule has 0 saturated heterocycles. The monoisotopic (exact) mass is 282 g/mol. The van der Waals surface area contributed by atoms with Crippen LogP contribution in [0.4, 0.5) is 0 Å². The molecular formula is C17H30OS. The first-order chi connectivity index (χ1) is 9.29. The van der Waals surface area contributed by atoms with Crippen molar-refractivity contribution in [2.75, 3.05) is 0 Å². The summed E-state index contributed by atoms with van der Waals surface area (Å²) in [5, 5.41) is 0.0301. The Balaban J connectivity index is 1.88. The summed E-state index contributed by atoms with van der Waals surface area (Å²) < 4.78 is 0. The van der Waals surface area contributed by atoms with Gasteiger partial charge in [-0.05, 0) is 31.6 Å². The number of rotatable bonds is 3. The summed E-state index contributed by atoms with van der Waals surface area (Å²) in [6, 6.07) is 0. The van der Waals surface area contributed by atoms with Gasteiger partial charge in [0.15, 0.2) is 0 Å². The van der Waals surface area contributed by atoms with Gasteiger partial charge in [0.1, 0.15) is 5.78 Å². The molecule has 19 heavy (non-hydrogen) atoms. The molecule has 2 aliphatic rings. The van der Waals surface area contributed by atoms with Crippen LogP contribution in [-0.4, -0.2) is 11.0 Å². The zero-order valence-corrected chi connectivity index (χ0v) is 13.2. The maximum absolute atomic E-state index is 12.7. The molecule has 0 spiro atoms. The molecule has 1 atom stereocenters. The van der Waals surface area contributed by atoms with E-state index >= 15 is 0 Å². The first-order valence-corrected chi connectivity index (χ1v) is 9.02. The maximum Gasteiger partial charge on any atom is 0.148 e. The lowest BCUT2D eigenvalue weighted by Crippen LogP contribution is -2.31. The highest BCUT2D eigenvalue weighted by atomic mass is 32.1. The minimum atomic E-state index is 0.0301. The summed E-state index contributed by atoms with van der Waals surface area (Å²) in [4.78, 5) is 12.7. The smallest absolute Gasteiger partial charge is 0.148 e. The lowest BCUT2D eigenvalue weighted by Gasteiger charge is -2.26. The van der Waals surface area contributed by atoms with Crippen LogP contribution in [0, 0.1) is 11.8 Å². The van der Waals surface area contributed by atoms with Gasteiger partial charge in [-0.25, -0.2) is 0 Å². The topological polar surface area (TPSA) is 17.1 Å². The zero-order chi connectivity index (χ0) is 13.5. The highest BCUT2D eigenvalue weighted by Gasteiger charge is 2.30. The summed E-state index contributed by atoms with van der Waals surface area (Å²) in [6.45, 7) is 0. The number of thiol groups is 1. The number of ketones is 1. The summed E-state index contributed by atoms with van der Waals surface area (Å²) in [7, 11) is 0. The minimum Gasteiger partial charge on any atom is -0.298 e. The van der Waals surface area contributed by atoms with Gasteiger partial charge in [0, 0.05) is 5.92 Å². The molecule has 1 unspecified atom stereocenters. The molecule has 1 nitrogen and oxygen atoms in total. The van der Waals surface area contributed by atoms with Crippen LogP contribution in [0.25, 0.3) is 0 Å². The first-order valence-electron chi connectivity index (χ1n) is 8.51. The Hall–Kier alpha value is 0.0200. The normalized spacial score (nSPS) is 26.2. The maximum atomic E-state index is 12.7. The van der Waals surface area contributed by atoms with Gasteiger partial charge in [-0.15, -0.1) is 0 Å². The van der Waals surface area contributed by atoms with E-state index in [4.69, 9.17) is 12.6 Å². The molecule has 0 bridgehead atoms. The van der Waals surface area contributed by atoms with Crippen molar-refractivity contribution >= 4 is 18.4 Å². The van der Waals surface area contributed by atoms with Crippen molar-refractivity contribution < 1.29 is 4.79 Å². The van der Waals surface area contributed by atoms with Crippen molar-refractivity contribution in [3.8, 4) is 0 Å². The molecule has 2 fully saturated rings. The molecule has 2 rings (SSSR count). The van der Waals surface area contributed by atoms with Crippen LogP contribution in [0.15, 0.2) is 0 Å². The van der Waals surface area contributed by atoms with Crippen LogP contribution in [0.1, 0.15) is 83.5 Å². The van der Waals surface area contributed by atoms with Crippen LogP contribution in [0.3, 0.4) is 0 Å². The van der Waals surface area contributed by atoms with Crippen molar-refractivity contribution in [2.45, 2.75) is 88.7 Å². The summed E-state index contributed by atoms with van der Waals surface area (Å²) in [6.07, 6.45) is 16.6. The quantitative estimate of drug-likeness (QED) is 0.557. The van der Waals surface area contributed by atoms with E-state index in [-0.39, 0.29) is 5.25 Å². The fourth-order valence-corrected chi connectivity index (χ4v) is 4.35. The van der Waals surface area contributed by atoms with E-state index in [9.17, 15) is 4.79 Å².